The van der Waals surface area contributed by atoms with E-state index in [1.54, 1.807) is 0 Å². The van der Waals surface area contributed by atoms with E-state index in [2.05, 4.69) is 26.1 Å². The van der Waals surface area contributed by atoms with Gasteiger partial charge >= 0.3 is 0 Å². The lowest BCUT2D eigenvalue weighted by molar-refractivity contribution is 0.103. The molecule has 0 spiro atoms. The molecule has 16 heavy (non-hydrogen) atoms. The standard InChI is InChI=1S/C14H27NO/c1-10-4-5-14(8-11(10)2)15-9-13-6-7-16-12(13)3/h10-15H,4-9H2,1-3H3. The summed E-state index contributed by atoms with van der Waals surface area (Å²) in [5.74, 6) is 2.56. The van der Waals surface area contributed by atoms with E-state index in [9.17, 15) is 0 Å². The average Bonchev–Trinajstić information content (AvgIpc) is 2.66. The first-order chi connectivity index (χ1) is 7.66. The van der Waals surface area contributed by atoms with Gasteiger partial charge in [-0.1, -0.05) is 13.8 Å². The summed E-state index contributed by atoms with van der Waals surface area (Å²) in [7, 11) is 0. The van der Waals surface area contributed by atoms with Gasteiger partial charge in [0.1, 0.15) is 0 Å². The topological polar surface area (TPSA) is 21.3 Å². The molecule has 1 saturated heterocycles. The Hall–Kier alpha value is -0.0800. The summed E-state index contributed by atoms with van der Waals surface area (Å²) in [4.78, 5) is 0. The minimum atomic E-state index is 0.465. The van der Waals surface area contributed by atoms with Crippen molar-refractivity contribution in [3.63, 3.8) is 0 Å². The van der Waals surface area contributed by atoms with E-state index < -0.39 is 0 Å². The Balaban J connectivity index is 1.70. The molecule has 1 heterocycles. The molecular formula is C14H27NO. The second-order valence-electron chi connectivity index (χ2n) is 6.00. The molecule has 0 aromatic heterocycles. The molecule has 0 bridgehead atoms. The van der Waals surface area contributed by atoms with Crippen LogP contribution in [0.3, 0.4) is 0 Å². The zero-order valence-electron chi connectivity index (χ0n) is 11.0. The molecule has 5 unspecified atom stereocenters. The summed E-state index contributed by atoms with van der Waals surface area (Å²) >= 11 is 0. The summed E-state index contributed by atoms with van der Waals surface area (Å²) in [5, 5.41) is 3.76. The van der Waals surface area contributed by atoms with E-state index >= 15 is 0 Å². The number of hydrogen-bond acceptors (Lipinski definition) is 2. The highest BCUT2D eigenvalue weighted by atomic mass is 16.5. The van der Waals surface area contributed by atoms with Crippen LogP contribution in [-0.4, -0.2) is 25.3 Å². The lowest BCUT2D eigenvalue weighted by Gasteiger charge is -2.33. The number of hydrogen-bond donors (Lipinski definition) is 1. The molecule has 2 fully saturated rings. The second kappa shape index (κ2) is 5.50. The molecule has 1 N–H and O–H groups in total. The van der Waals surface area contributed by atoms with Gasteiger partial charge in [0, 0.05) is 19.2 Å². The highest BCUT2D eigenvalue weighted by Gasteiger charge is 2.27. The Morgan fingerprint density at radius 1 is 1.06 bits per heavy atom. The minimum Gasteiger partial charge on any atom is -0.378 e. The second-order valence-corrected chi connectivity index (χ2v) is 6.00. The van der Waals surface area contributed by atoms with Crippen molar-refractivity contribution in [1.29, 1.82) is 0 Å². The SMILES string of the molecule is CC1CCC(NCC2CCOC2C)CC1C. The maximum Gasteiger partial charge on any atom is 0.0588 e. The van der Waals surface area contributed by atoms with Gasteiger partial charge in [0.25, 0.3) is 0 Å². The Kier molecular flexibility index (Phi) is 4.26. The van der Waals surface area contributed by atoms with Crippen LogP contribution in [0.4, 0.5) is 0 Å². The van der Waals surface area contributed by atoms with Gasteiger partial charge in [-0.05, 0) is 50.4 Å². The zero-order chi connectivity index (χ0) is 11.5. The number of ether oxygens (including phenoxy) is 1. The summed E-state index contributed by atoms with van der Waals surface area (Å²) in [6.45, 7) is 9.14. The minimum absolute atomic E-state index is 0.465. The Labute approximate surface area is 100 Å². The Morgan fingerprint density at radius 3 is 2.50 bits per heavy atom. The van der Waals surface area contributed by atoms with Crippen LogP contribution in [0, 0.1) is 17.8 Å². The van der Waals surface area contributed by atoms with Crippen molar-refractivity contribution in [3.05, 3.63) is 0 Å². The van der Waals surface area contributed by atoms with Crippen LogP contribution in [0.5, 0.6) is 0 Å². The van der Waals surface area contributed by atoms with Crippen molar-refractivity contribution in [2.45, 2.75) is 58.6 Å². The fourth-order valence-corrected chi connectivity index (χ4v) is 3.10. The predicted molar refractivity (Wildman–Crippen MR) is 67.5 cm³/mol. The quantitative estimate of drug-likeness (QED) is 0.797. The van der Waals surface area contributed by atoms with Crippen LogP contribution >= 0.6 is 0 Å². The van der Waals surface area contributed by atoms with Crippen LogP contribution < -0.4 is 5.32 Å². The van der Waals surface area contributed by atoms with E-state index in [1.807, 2.05) is 0 Å². The summed E-state index contributed by atoms with van der Waals surface area (Å²) in [6.07, 6.45) is 5.84. The third-order valence-corrected chi connectivity index (χ3v) is 4.80. The Morgan fingerprint density at radius 2 is 1.88 bits per heavy atom. The highest BCUT2D eigenvalue weighted by Crippen LogP contribution is 2.29. The van der Waals surface area contributed by atoms with Crippen LogP contribution in [0.25, 0.3) is 0 Å². The lowest BCUT2D eigenvalue weighted by Crippen LogP contribution is -2.39. The van der Waals surface area contributed by atoms with Crippen molar-refractivity contribution >= 4 is 0 Å². The lowest BCUT2D eigenvalue weighted by atomic mass is 9.79. The molecule has 1 aliphatic heterocycles. The highest BCUT2D eigenvalue weighted by molar-refractivity contribution is 4.82. The molecule has 2 nitrogen and oxygen atoms in total. The van der Waals surface area contributed by atoms with Gasteiger partial charge in [-0.15, -0.1) is 0 Å². The molecule has 2 heteroatoms. The fraction of sp³-hybridized carbons (Fsp3) is 1.00. The van der Waals surface area contributed by atoms with Crippen LogP contribution in [0.1, 0.15) is 46.5 Å². The predicted octanol–water partition coefficient (Wildman–Crippen LogP) is 2.83. The first-order valence-electron chi connectivity index (χ1n) is 7.01. The van der Waals surface area contributed by atoms with E-state index in [1.165, 1.54) is 25.7 Å². The molecule has 0 radical (unpaired) electrons. The van der Waals surface area contributed by atoms with E-state index in [-0.39, 0.29) is 0 Å². The third-order valence-electron chi connectivity index (χ3n) is 4.80. The Bertz CT molecular complexity index is 219. The van der Waals surface area contributed by atoms with Crippen molar-refractivity contribution in [2.75, 3.05) is 13.2 Å². The van der Waals surface area contributed by atoms with Crippen molar-refractivity contribution in [2.24, 2.45) is 17.8 Å². The molecular weight excluding hydrogens is 198 g/mol. The summed E-state index contributed by atoms with van der Waals surface area (Å²) in [6, 6.07) is 0.763. The smallest absolute Gasteiger partial charge is 0.0588 e. The van der Waals surface area contributed by atoms with Gasteiger partial charge in [-0.25, -0.2) is 0 Å². The van der Waals surface area contributed by atoms with Gasteiger partial charge in [0.05, 0.1) is 6.10 Å². The first-order valence-corrected chi connectivity index (χ1v) is 7.01. The molecule has 2 rings (SSSR count). The molecule has 2 aliphatic rings. The molecule has 94 valence electrons. The van der Waals surface area contributed by atoms with Gasteiger partial charge in [0.15, 0.2) is 0 Å². The molecule has 5 atom stereocenters. The number of rotatable bonds is 3. The monoisotopic (exact) mass is 225 g/mol. The van der Waals surface area contributed by atoms with Crippen molar-refractivity contribution in [1.82, 2.24) is 5.32 Å². The molecule has 0 amide bonds. The van der Waals surface area contributed by atoms with E-state index in [4.69, 9.17) is 4.74 Å². The van der Waals surface area contributed by atoms with E-state index in [0.29, 0.717) is 6.10 Å². The zero-order valence-corrected chi connectivity index (χ0v) is 11.0. The first kappa shape index (κ1) is 12.4. The molecule has 1 saturated carbocycles. The molecule has 0 aromatic rings. The van der Waals surface area contributed by atoms with Crippen molar-refractivity contribution < 1.29 is 4.74 Å². The summed E-state index contributed by atoms with van der Waals surface area (Å²) in [5.41, 5.74) is 0. The average molecular weight is 225 g/mol. The fourth-order valence-electron chi connectivity index (χ4n) is 3.10. The number of nitrogens with one attached hydrogen (secondary N) is 1. The van der Waals surface area contributed by atoms with Crippen LogP contribution in [0.15, 0.2) is 0 Å². The van der Waals surface area contributed by atoms with Crippen LogP contribution in [0.2, 0.25) is 0 Å². The molecule has 1 aliphatic carbocycles. The van der Waals surface area contributed by atoms with Crippen molar-refractivity contribution in [3.8, 4) is 0 Å². The van der Waals surface area contributed by atoms with Gasteiger partial charge < -0.3 is 10.1 Å². The van der Waals surface area contributed by atoms with Gasteiger partial charge in [-0.2, -0.15) is 0 Å². The van der Waals surface area contributed by atoms with Crippen LogP contribution in [-0.2, 0) is 4.74 Å². The third kappa shape index (κ3) is 2.98. The molecule has 0 aromatic carbocycles. The normalized spacial score (nSPS) is 44.8. The largest absolute Gasteiger partial charge is 0.378 e. The van der Waals surface area contributed by atoms with Gasteiger partial charge in [0.2, 0.25) is 0 Å². The van der Waals surface area contributed by atoms with Gasteiger partial charge in [-0.3, -0.25) is 0 Å². The maximum absolute atomic E-state index is 5.60. The van der Waals surface area contributed by atoms with E-state index in [0.717, 1.165) is 36.9 Å². The maximum atomic E-state index is 5.60. The summed E-state index contributed by atoms with van der Waals surface area (Å²) < 4.78 is 5.60.